The minimum absolute atomic E-state index is 0.0982. The Hall–Kier alpha value is -1.84. The van der Waals surface area contributed by atoms with E-state index in [1.165, 1.54) is 11.1 Å². The van der Waals surface area contributed by atoms with Crippen molar-refractivity contribution in [1.29, 1.82) is 0 Å². The molecule has 4 nitrogen and oxygen atoms in total. The molecular formula is C18H24N2O2. The van der Waals surface area contributed by atoms with Gasteiger partial charge in [0.25, 0.3) is 0 Å². The summed E-state index contributed by atoms with van der Waals surface area (Å²) in [5, 5.41) is 0. The maximum absolute atomic E-state index is 12.7. The normalized spacial score (nSPS) is 22.2. The zero-order valence-corrected chi connectivity index (χ0v) is 13.3. The Morgan fingerprint density at radius 1 is 1.18 bits per heavy atom. The van der Waals surface area contributed by atoms with Crippen LogP contribution in [0.5, 0.6) is 0 Å². The summed E-state index contributed by atoms with van der Waals surface area (Å²) in [4.78, 5) is 28.3. The van der Waals surface area contributed by atoms with Gasteiger partial charge in [0.15, 0.2) is 0 Å². The molecular weight excluding hydrogens is 276 g/mol. The van der Waals surface area contributed by atoms with Crippen LogP contribution >= 0.6 is 0 Å². The summed E-state index contributed by atoms with van der Waals surface area (Å²) in [5.74, 6) is 0.229. The highest BCUT2D eigenvalue weighted by Crippen LogP contribution is 2.33. The van der Waals surface area contributed by atoms with Crippen LogP contribution in [0, 0.1) is 6.92 Å². The van der Waals surface area contributed by atoms with Crippen molar-refractivity contribution in [2.75, 3.05) is 19.6 Å². The number of carbonyl (C=O) groups is 2. The molecule has 2 aliphatic heterocycles. The second-order valence-electron chi connectivity index (χ2n) is 6.37. The number of hydrogen-bond donors (Lipinski definition) is 0. The standard InChI is InChI=1S/C18H24N2O2/c1-14-7-2-3-8-15(14)16-9-6-12-20(16)18(22)13-19-11-5-4-10-17(19)21/h2-3,7-8,16H,4-6,9-13H2,1H3/t16-/m0/s1. The maximum Gasteiger partial charge on any atom is 0.242 e. The minimum atomic E-state index is 0.0982. The van der Waals surface area contributed by atoms with Crippen molar-refractivity contribution < 1.29 is 9.59 Å². The third-order valence-electron chi connectivity index (χ3n) is 4.87. The van der Waals surface area contributed by atoms with Crippen LogP contribution in [-0.4, -0.2) is 41.2 Å². The summed E-state index contributed by atoms with van der Waals surface area (Å²) in [7, 11) is 0. The van der Waals surface area contributed by atoms with Crippen LogP contribution < -0.4 is 0 Å². The molecule has 0 N–H and O–H groups in total. The zero-order valence-electron chi connectivity index (χ0n) is 13.3. The highest BCUT2D eigenvalue weighted by atomic mass is 16.2. The SMILES string of the molecule is Cc1ccccc1[C@@H]1CCCN1C(=O)CN1CCCCC1=O. The predicted octanol–water partition coefficient (Wildman–Crippen LogP) is 2.67. The third kappa shape index (κ3) is 3.01. The number of aryl methyl sites for hydroxylation is 1. The number of likely N-dealkylation sites (tertiary alicyclic amines) is 2. The van der Waals surface area contributed by atoms with Crippen LogP contribution in [-0.2, 0) is 9.59 Å². The van der Waals surface area contributed by atoms with Gasteiger partial charge < -0.3 is 9.80 Å². The first-order chi connectivity index (χ1) is 10.7. The van der Waals surface area contributed by atoms with E-state index in [0.29, 0.717) is 6.42 Å². The maximum atomic E-state index is 12.7. The Bertz CT molecular complexity index is 570. The molecule has 0 unspecified atom stereocenters. The molecule has 118 valence electrons. The van der Waals surface area contributed by atoms with E-state index in [-0.39, 0.29) is 24.4 Å². The lowest BCUT2D eigenvalue weighted by Crippen LogP contribution is -2.44. The topological polar surface area (TPSA) is 40.6 Å². The number of rotatable bonds is 3. The molecule has 1 aromatic rings. The van der Waals surface area contributed by atoms with Crippen LogP contribution in [0.4, 0.5) is 0 Å². The van der Waals surface area contributed by atoms with Gasteiger partial charge in [-0.3, -0.25) is 9.59 Å². The first kappa shape index (κ1) is 15.1. The Balaban J connectivity index is 1.71. The van der Waals surface area contributed by atoms with Crippen molar-refractivity contribution in [3.05, 3.63) is 35.4 Å². The van der Waals surface area contributed by atoms with Gasteiger partial charge in [0.1, 0.15) is 0 Å². The lowest BCUT2D eigenvalue weighted by molar-refractivity contribution is -0.142. The molecule has 2 heterocycles. The summed E-state index contributed by atoms with van der Waals surface area (Å²) in [5.41, 5.74) is 2.49. The zero-order chi connectivity index (χ0) is 15.5. The molecule has 2 fully saturated rings. The molecule has 4 heteroatoms. The average molecular weight is 300 g/mol. The predicted molar refractivity (Wildman–Crippen MR) is 85.3 cm³/mol. The summed E-state index contributed by atoms with van der Waals surface area (Å²) in [6, 6.07) is 8.47. The van der Waals surface area contributed by atoms with Crippen molar-refractivity contribution in [3.8, 4) is 0 Å². The molecule has 2 aliphatic rings. The number of carbonyl (C=O) groups excluding carboxylic acids is 2. The highest BCUT2D eigenvalue weighted by Gasteiger charge is 2.32. The van der Waals surface area contributed by atoms with E-state index >= 15 is 0 Å². The fourth-order valence-corrected chi connectivity index (χ4v) is 3.63. The van der Waals surface area contributed by atoms with Gasteiger partial charge in [0, 0.05) is 19.5 Å². The Labute approximate surface area is 132 Å². The lowest BCUT2D eigenvalue weighted by atomic mass is 9.99. The van der Waals surface area contributed by atoms with E-state index in [1.807, 2.05) is 17.0 Å². The number of hydrogen-bond acceptors (Lipinski definition) is 2. The highest BCUT2D eigenvalue weighted by molar-refractivity contribution is 5.85. The summed E-state index contributed by atoms with van der Waals surface area (Å²) in [6.07, 6.45) is 4.62. The first-order valence-electron chi connectivity index (χ1n) is 8.29. The van der Waals surface area contributed by atoms with Crippen molar-refractivity contribution in [2.24, 2.45) is 0 Å². The van der Waals surface area contributed by atoms with Crippen LogP contribution in [0.3, 0.4) is 0 Å². The Morgan fingerprint density at radius 2 is 2.00 bits per heavy atom. The molecule has 0 saturated carbocycles. The summed E-state index contributed by atoms with van der Waals surface area (Å²) >= 11 is 0. The van der Waals surface area contributed by atoms with Gasteiger partial charge in [-0.1, -0.05) is 24.3 Å². The van der Waals surface area contributed by atoms with Gasteiger partial charge in [0.05, 0.1) is 12.6 Å². The molecule has 0 aliphatic carbocycles. The number of nitrogens with zero attached hydrogens (tertiary/aromatic N) is 2. The van der Waals surface area contributed by atoms with E-state index in [4.69, 9.17) is 0 Å². The first-order valence-corrected chi connectivity index (χ1v) is 8.29. The van der Waals surface area contributed by atoms with Gasteiger partial charge >= 0.3 is 0 Å². The van der Waals surface area contributed by atoms with Crippen molar-refractivity contribution in [3.63, 3.8) is 0 Å². The summed E-state index contributed by atoms with van der Waals surface area (Å²) in [6.45, 7) is 3.89. The molecule has 2 saturated heterocycles. The molecule has 0 bridgehead atoms. The van der Waals surface area contributed by atoms with Gasteiger partial charge in [-0.05, 0) is 43.7 Å². The molecule has 22 heavy (non-hydrogen) atoms. The van der Waals surface area contributed by atoms with E-state index in [1.54, 1.807) is 4.90 Å². The van der Waals surface area contributed by atoms with Gasteiger partial charge in [-0.2, -0.15) is 0 Å². The Kier molecular flexibility index (Phi) is 4.46. The smallest absolute Gasteiger partial charge is 0.242 e. The van der Waals surface area contributed by atoms with Crippen LogP contribution in [0.1, 0.15) is 49.3 Å². The summed E-state index contributed by atoms with van der Waals surface area (Å²) < 4.78 is 0. The molecule has 3 rings (SSSR count). The van der Waals surface area contributed by atoms with Gasteiger partial charge in [0.2, 0.25) is 11.8 Å². The Morgan fingerprint density at radius 3 is 2.77 bits per heavy atom. The second-order valence-corrected chi connectivity index (χ2v) is 6.37. The second kappa shape index (κ2) is 6.51. The molecule has 1 aromatic carbocycles. The molecule has 2 amide bonds. The quantitative estimate of drug-likeness (QED) is 0.861. The van der Waals surface area contributed by atoms with E-state index in [9.17, 15) is 9.59 Å². The third-order valence-corrected chi connectivity index (χ3v) is 4.87. The molecule has 0 spiro atoms. The minimum Gasteiger partial charge on any atom is -0.334 e. The van der Waals surface area contributed by atoms with E-state index in [0.717, 1.165) is 38.8 Å². The number of benzene rings is 1. The van der Waals surface area contributed by atoms with Crippen LogP contribution in [0.25, 0.3) is 0 Å². The van der Waals surface area contributed by atoms with Crippen molar-refractivity contribution in [2.45, 2.75) is 45.1 Å². The molecule has 0 radical (unpaired) electrons. The van der Waals surface area contributed by atoms with E-state index < -0.39 is 0 Å². The van der Waals surface area contributed by atoms with Gasteiger partial charge in [-0.25, -0.2) is 0 Å². The van der Waals surface area contributed by atoms with Gasteiger partial charge in [-0.15, -0.1) is 0 Å². The number of amides is 2. The van der Waals surface area contributed by atoms with Crippen LogP contribution in [0.2, 0.25) is 0 Å². The average Bonchev–Trinajstić information content (AvgIpc) is 2.99. The van der Waals surface area contributed by atoms with E-state index in [2.05, 4.69) is 19.1 Å². The van der Waals surface area contributed by atoms with Crippen molar-refractivity contribution in [1.82, 2.24) is 9.80 Å². The monoisotopic (exact) mass is 300 g/mol. The molecule has 1 atom stereocenters. The fraction of sp³-hybridized carbons (Fsp3) is 0.556. The van der Waals surface area contributed by atoms with Crippen LogP contribution in [0.15, 0.2) is 24.3 Å². The number of piperidine rings is 1. The fourth-order valence-electron chi connectivity index (χ4n) is 3.63. The largest absolute Gasteiger partial charge is 0.334 e. The lowest BCUT2D eigenvalue weighted by Gasteiger charge is -2.31. The van der Waals surface area contributed by atoms with Crippen molar-refractivity contribution >= 4 is 11.8 Å². The molecule has 0 aromatic heterocycles.